The minimum Gasteiger partial charge on any atom is -0.469 e. The topological polar surface area (TPSA) is 84.7 Å². The molecule has 0 saturated carbocycles. The van der Waals surface area contributed by atoms with Crippen LogP contribution in [0.4, 0.5) is 0 Å². The summed E-state index contributed by atoms with van der Waals surface area (Å²) in [6, 6.07) is 0.381. The quantitative estimate of drug-likeness (QED) is 0.518. The van der Waals surface area contributed by atoms with Gasteiger partial charge in [0.15, 0.2) is 0 Å². The van der Waals surface area contributed by atoms with Crippen LogP contribution in [0.15, 0.2) is 0 Å². The summed E-state index contributed by atoms with van der Waals surface area (Å²) in [5, 5.41) is 2.84. The Morgan fingerprint density at radius 2 is 2.20 bits per heavy atom. The first-order chi connectivity index (χ1) is 9.54. The van der Waals surface area contributed by atoms with Crippen molar-refractivity contribution in [1.29, 1.82) is 0 Å². The van der Waals surface area contributed by atoms with Crippen LogP contribution in [-0.2, 0) is 14.3 Å². The van der Waals surface area contributed by atoms with Crippen LogP contribution in [0.1, 0.15) is 39.0 Å². The van der Waals surface area contributed by atoms with Gasteiger partial charge in [0.05, 0.1) is 13.7 Å². The van der Waals surface area contributed by atoms with E-state index in [-0.39, 0.29) is 17.9 Å². The maximum absolute atomic E-state index is 11.9. The largest absolute Gasteiger partial charge is 0.469 e. The fourth-order valence-corrected chi connectivity index (χ4v) is 2.61. The van der Waals surface area contributed by atoms with E-state index < -0.39 is 0 Å². The van der Waals surface area contributed by atoms with Gasteiger partial charge in [0, 0.05) is 25.0 Å². The van der Waals surface area contributed by atoms with Crippen molar-refractivity contribution in [1.82, 2.24) is 10.2 Å². The molecule has 1 amide bonds. The van der Waals surface area contributed by atoms with Crippen molar-refractivity contribution in [2.24, 2.45) is 5.73 Å². The van der Waals surface area contributed by atoms with Gasteiger partial charge in [-0.1, -0.05) is 6.42 Å². The van der Waals surface area contributed by atoms with Gasteiger partial charge in [-0.3, -0.25) is 14.5 Å². The van der Waals surface area contributed by atoms with Gasteiger partial charge in [-0.05, 0) is 32.7 Å². The van der Waals surface area contributed by atoms with Crippen molar-refractivity contribution in [3.05, 3.63) is 0 Å². The van der Waals surface area contributed by atoms with Crippen LogP contribution in [0.2, 0.25) is 0 Å². The number of likely N-dealkylation sites (tertiary alicyclic amines) is 1. The van der Waals surface area contributed by atoms with Crippen molar-refractivity contribution in [2.75, 3.05) is 26.7 Å². The van der Waals surface area contributed by atoms with Gasteiger partial charge in [-0.25, -0.2) is 0 Å². The van der Waals surface area contributed by atoms with E-state index in [0.717, 1.165) is 19.4 Å². The number of nitrogens with two attached hydrogens (primary N) is 1. The van der Waals surface area contributed by atoms with Crippen LogP contribution in [0.25, 0.3) is 0 Å². The molecule has 20 heavy (non-hydrogen) atoms. The average molecular weight is 285 g/mol. The van der Waals surface area contributed by atoms with Crippen molar-refractivity contribution in [2.45, 2.75) is 51.1 Å². The number of piperidine rings is 1. The number of hydrogen-bond donors (Lipinski definition) is 2. The summed E-state index contributed by atoms with van der Waals surface area (Å²) in [7, 11) is 1.37. The third-order valence-electron chi connectivity index (χ3n) is 3.73. The first-order valence-electron chi connectivity index (χ1n) is 7.37. The Labute approximate surface area is 121 Å². The molecule has 116 valence electrons. The molecule has 0 aromatic carbocycles. The lowest BCUT2D eigenvalue weighted by Crippen LogP contribution is -2.52. The number of rotatable bonds is 7. The molecule has 0 radical (unpaired) electrons. The molecule has 3 N–H and O–H groups in total. The van der Waals surface area contributed by atoms with Crippen molar-refractivity contribution >= 4 is 11.9 Å². The molecule has 0 spiro atoms. The smallest absolute Gasteiger partial charge is 0.305 e. The molecular formula is C14H27N3O3. The first kappa shape index (κ1) is 16.9. The molecule has 0 aromatic rings. The lowest BCUT2D eigenvalue weighted by molar-refractivity contribution is -0.140. The summed E-state index contributed by atoms with van der Waals surface area (Å²) in [5.41, 5.74) is 5.98. The molecule has 1 heterocycles. The van der Waals surface area contributed by atoms with E-state index >= 15 is 0 Å². The second kappa shape index (κ2) is 8.92. The summed E-state index contributed by atoms with van der Waals surface area (Å²) >= 11 is 0. The monoisotopic (exact) mass is 285 g/mol. The molecule has 6 nitrogen and oxygen atoms in total. The molecule has 1 rings (SSSR count). The van der Waals surface area contributed by atoms with Gasteiger partial charge in [0.1, 0.15) is 0 Å². The minimum absolute atomic E-state index is 0.00224. The lowest BCUT2D eigenvalue weighted by atomic mass is 9.97. The molecule has 0 aromatic heterocycles. The van der Waals surface area contributed by atoms with Crippen LogP contribution >= 0.6 is 0 Å². The Balaban J connectivity index is 2.24. The van der Waals surface area contributed by atoms with Crippen LogP contribution in [0, 0.1) is 0 Å². The molecule has 0 bridgehead atoms. The molecule has 2 atom stereocenters. The first-order valence-corrected chi connectivity index (χ1v) is 7.37. The predicted molar refractivity (Wildman–Crippen MR) is 77.1 cm³/mol. The zero-order valence-corrected chi connectivity index (χ0v) is 12.6. The van der Waals surface area contributed by atoms with E-state index in [4.69, 9.17) is 5.73 Å². The second-order valence-corrected chi connectivity index (χ2v) is 5.42. The third-order valence-corrected chi connectivity index (χ3v) is 3.73. The summed E-state index contributed by atoms with van der Waals surface area (Å²) < 4.78 is 4.55. The summed E-state index contributed by atoms with van der Waals surface area (Å²) in [6.45, 7) is 3.83. The summed E-state index contributed by atoms with van der Waals surface area (Å²) in [6.07, 6.45) is 4.31. The Hall–Kier alpha value is -1.14. The van der Waals surface area contributed by atoms with E-state index in [1.54, 1.807) is 0 Å². The number of ether oxygens (including phenoxy) is 1. The van der Waals surface area contributed by atoms with Crippen LogP contribution in [0.3, 0.4) is 0 Å². The minimum atomic E-state index is -0.243. The number of nitrogens with one attached hydrogen (secondary N) is 1. The molecule has 1 aliphatic rings. The Morgan fingerprint density at radius 3 is 2.85 bits per heavy atom. The van der Waals surface area contributed by atoms with Gasteiger partial charge in [0.25, 0.3) is 0 Å². The van der Waals surface area contributed by atoms with E-state index in [2.05, 4.69) is 15.0 Å². The van der Waals surface area contributed by atoms with Gasteiger partial charge < -0.3 is 15.8 Å². The second-order valence-electron chi connectivity index (χ2n) is 5.42. The van der Waals surface area contributed by atoms with Gasteiger partial charge >= 0.3 is 5.97 Å². The molecule has 1 saturated heterocycles. The number of methoxy groups -OCH3 is 1. The molecular weight excluding hydrogens is 258 g/mol. The maximum Gasteiger partial charge on any atom is 0.305 e. The van der Waals surface area contributed by atoms with Gasteiger partial charge in [0.2, 0.25) is 5.91 Å². The highest BCUT2D eigenvalue weighted by Crippen LogP contribution is 2.18. The summed E-state index contributed by atoms with van der Waals surface area (Å²) in [4.78, 5) is 25.0. The molecule has 6 heteroatoms. The average Bonchev–Trinajstić information content (AvgIpc) is 2.43. The Kier molecular flexibility index (Phi) is 7.54. The van der Waals surface area contributed by atoms with E-state index in [0.29, 0.717) is 32.0 Å². The summed E-state index contributed by atoms with van der Waals surface area (Å²) in [5.74, 6) is -0.241. The molecule has 1 aliphatic heterocycles. The number of carbonyl (C=O) groups excluding carboxylic acids is 2. The van der Waals surface area contributed by atoms with Crippen LogP contribution < -0.4 is 11.1 Å². The predicted octanol–water partition coefficient (Wildman–Crippen LogP) is 0.258. The highest BCUT2D eigenvalue weighted by atomic mass is 16.5. The highest BCUT2D eigenvalue weighted by Gasteiger charge is 2.26. The van der Waals surface area contributed by atoms with E-state index in [1.807, 2.05) is 6.92 Å². The van der Waals surface area contributed by atoms with E-state index in [1.165, 1.54) is 13.5 Å². The van der Waals surface area contributed by atoms with E-state index in [9.17, 15) is 9.59 Å². The zero-order valence-electron chi connectivity index (χ0n) is 12.6. The standard InChI is InChI=1S/C14H27N3O3/c1-11(15)12-6-3-4-9-17(12)10-13(18)16-8-5-7-14(19)20-2/h11-12H,3-10,15H2,1-2H3,(H,16,18). The normalized spacial score (nSPS) is 21.2. The number of esters is 1. The van der Waals surface area contributed by atoms with Crippen molar-refractivity contribution < 1.29 is 14.3 Å². The number of nitrogens with zero attached hydrogens (tertiary/aromatic N) is 1. The van der Waals surface area contributed by atoms with Gasteiger partial charge in [-0.15, -0.1) is 0 Å². The van der Waals surface area contributed by atoms with Crippen molar-refractivity contribution in [3.63, 3.8) is 0 Å². The highest BCUT2D eigenvalue weighted by molar-refractivity contribution is 5.78. The van der Waals surface area contributed by atoms with Crippen molar-refractivity contribution in [3.8, 4) is 0 Å². The molecule has 1 fully saturated rings. The number of hydrogen-bond acceptors (Lipinski definition) is 5. The fourth-order valence-electron chi connectivity index (χ4n) is 2.61. The molecule has 2 unspecified atom stereocenters. The van der Waals surface area contributed by atoms with Crippen LogP contribution in [0.5, 0.6) is 0 Å². The Bertz CT molecular complexity index is 321. The zero-order chi connectivity index (χ0) is 15.0. The third kappa shape index (κ3) is 5.88. The number of carbonyl (C=O) groups is 2. The Morgan fingerprint density at radius 1 is 1.45 bits per heavy atom. The molecule has 0 aliphatic carbocycles. The lowest BCUT2D eigenvalue weighted by Gasteiger charge is -2.37. The SMILES string of the molecule is COC(=O)CCCNC(=O)CN1CCCCC1C(C)N. The fraction of sp³-hybridized carbons (Fsp3) is 0.857. The van der Waals surface area contributed by atoms with Gasteiger partial charge in [-0.2, -0.15) is 0 Å². The number of amides is 1. The maximum atomic E-state index is 11.9. The van der Waals surface area contributed by atoms with Crippen LogP contribution in [-0.4, -0.2) is 55.6 Å².